The maximum absolute atomic E-state index is 4.64. The fraction of sp³-hybridized carbons (Fsp3) is 0.643. The van der Waals surface area contributed by atoms with E-state index in [-0.39, 0.29) is 5.54 Å². The molecule has 0 aliphatic rings. The molecule has 2 rings (SSSR count). The lowest BCUT2D eigenvalue weighted by atomic mass is 10.0. The van der Waals surface area contributed by atoms with E-state index in [0.29, 0.717) is 0 Å². The number of hydrogen-bond donors (Lipinski definition) is 1. The first-order valence-electron chi connectivity index (χ1n) is 6.96. The van der Waals surface area contributed by atoms with Gasteiger partial charge in [0.1, 0.15) is 11.6 Å². The molecule has 2 heterocycles. The molecule has 0 spiro atoms. The number of fused-ring (bicyclic) bond motifs is 1. The maximum Gasteiger partial charge on any atom is 0.163 e. The van der Waals surface area contributed by atoms with Crippen LogP contribution in [0.15, 0.2) is 6.20 Å². The van der Waals surface area contributed by atoms with Crippen molar-refractivity contribution in [1.82, 2.24) is 24.6 Å². The normalized spacial score (nSPS) is 12.3. The Morgan fingerprint density at radius 1 is 1.35 bits per heavy atom. The number of aromatic nitrogens is 4. The largest absolute Gasteiger partial charge is 0.372 e. The van der Waals surface area contributed by atoms with E-state index >= 15 is 0 Å². The van der Waals surface area contributed by atoms with E-state index < -0.39 is 0 Å². The van der Waals surface area contributed by atoms with Crippen molar-refractivity contribution in [2.75, 3.05) is 19.4 Å². The summed E-state index contributed by atoms with van der Waals surface area (Å²) in [6.07, 6.45) is 2.88. The van der Waals surface area contributed by atoms with Crippen LogP contribution in [0.1, 0.15) is 33.0 Å². The Morgan fingerprint density at radius 2 is 2.05 bits per heavy atom. The van der Waals surface area contributed by atoms with Gasteiger partial charge in [-0.1, -0.05) is 6.92 Å². The van der Waals surface area contributed by atoms with E-state index in [0.717, 1.165) is 35.6 Å². The third-order valence-electron chi connectivity index (χ3n) is 4.15. The number of anilines is 1. The second-order valence-electron chi connectivity index (χ2n) is 5.77. The summed E-state index contributed by atoms with van der Waals surface area (Å²) in [6, 6.07) is 0. The van der Waals surface area contributed by atoms with Gasteiger partial charge in [0.2, 0.25) is 0 Å². The van der Waals surface area contributed by atoms with E-state index in [1.807, 2.05) is 14.1 Å². The summed E-state index contributed by atoms with van der Waals surface area (Å²) in [4.78, 5) is 11.5. The van der Waals surface area contributed by atoms with Crippen molar-refractivity contribution in [3.8, 4) is 0 Å². The van der Waals surface area contributed by atoms with E-state index in [4.69, 9.17) is 0 Å². The van der Waals surface area contributed by atoms with Gasteiger partial charge in [0, 0.05) is 19.6 Å². The molecular formula is C14H24N6. The third-order valence-corrected chi connectivity index (χ3v) is 4.15. The molecule has 1 N–H and O–H groups in total. The zero-order chi connectivity index (χ0) is 14.9. The second kappa shape index (κ2) is 5.36. The first kappa shape index (κ1) is 14.7. The molecule has 2 aromatic heterocycles. The zero-order valence-corrected chi connectivity index (χ0v) is 13.2. The average Bonchev–Trinajstić information content (AvgIpc) is 2.79. The van der Waals surface area contributed by atoms with Crippen molar-refractivity contribution in [2.24, 2.45) is 7.05 Å². The molecule has 6 heteroatoms. The molecule has 0 saturated carbocycles. The van der Waals surface area contributed by atoms with Gasteiger partial charge in [0.05, 0.1) is 18.1 Å². The summed E-state index contributed by atoms with van der Waals surface area (Å²) in [6.45, 7) is 7.38. The molecule has 0 aliphatic heterocycles. The van der Waals surface area contributed by atoms with Gasteiger partial charge in [-0.05, 0) is 27.3 Å². The molecule has 6 nitrogen and oxygen atoms in total. The first-order valence-corrected chi connectivity index (χ1v) is 6.96. The van der Waals surface area contributed by atoms with Crippen LogP contribution >= 0.6 is 0 Å². The van der Waals surface area contributed by atoms with Crippen molar-refractivity contribution < 1.29 is 0 Å². The standard InChI is InChI=1S/C14H24N6/c1-7-14(2,3)19(5)9-11-17-12(15-4)10-8-16-20(6)13(10)18-11/h8H,7,9H2,1-6H3,(H,15,17,18). The molecule has 0 radical (unpaired) electrons. The Kier molecular flexibility index (Phi) is 3.94. The SMILES string of the molecule is CCC(C)(C)N(C)Cc1nc(NC)c2cnn(C)c2n1. The molecule has 0 fully saturated rings. The fourth-order valence-electron chi connectivity index (χ4n) is 2.02. The summed E-state index contributed by atoms with van der Waals surface area (Å²) < 4.78 is 1.78. The lowest BCUT2D eigenvalue weighted by Gasteiger charge is -2.34. The minimum atomic E-state index is 0.130. The molecule has 0 saturated heterocycles. The van der Waals surface area contributed by atoms with E-state index in [1.165, 1.54) is 0 Å². The topological polar surface area (TPSA) is 58.9 Å². The predicted octanol–water partition coefficient (Wildman–Crippen LogP) is 2.03. The first-order chi connectivity index (χ1) is 9.39. The lowest BCUT2D eigenvalue weighted by molar-refractivity contribution is 0.139. The highest BCUT2D eigenvalue weighted by Crippen LogP contribution is 2.22. The molecule has 20 heavy (non-hydrogen) atoms. The minimum absolute atomic E-state index is 0.130. The van der Waals surface area contributed by atoms with Crippen LogP contribution in [0.4, 0.5) is 5.82 Å². The molecule has 0 bridgehead atoms. The van der Waals surface area contributed by atoms with E-state index in [1.54, 1.807) is 10.9 Å². The molecule has 0 aromatic carbocycles. The van der Waals surface area contributed by atoms with Crippen LogP contribution in [-0.4, -0.2) is 44.3 Å². The van der Waals surface area contributed by atoms with Crippen molar-refractivity contribution in [3.63, 3.8) is 0 Å². The predicted molar refractivity (Wildman–Crippen MR) is 81.7 cm³/mol. The van der Waals surface area contributed by atoms with Gasteiger partial charge in [-0.3, -0.25) is 9.58 Å². The molecule has 2 aromatic rings. The number of aryl methyl sites for hydroxylation is 1. The second-order valence-corrected chi connectivity index (χ2v) is 5.77. The molecule has 0 aliphatic carbocycles. The Morgan fingerprint density at radius 3 is 2.65 bits per heavy atom. The summed E-state index contributed by atoms with van der Waals surface area (Å²) in [5.74, 6) is 1.65. The zero-order valence-electron chi connectivity index (χ0n) is 13.2. The van der Waals surface area contributed by atoms with Crippen LogP contribution in [0.25, 0.3) is 11.0 Å². The van der Waals surface area contributed by atoms with Gasteiger partial charge in [-0.2, -0.15) is 5.10 Å². The maximum atomic E-state index is 4.64. The van der Waals surface area contributed by atoms with Crippen molar-refractivity contribution in [3.05, 3.63) is 12.0 Å². The molecule has 110 valence electrons. The van der Waals surface area contributed by atoms with Gasteiger partial charge in [-0.25, -0.2) is 9.97 Å². The molecule has 0 unspecified atom stereocenters. The van der Waals surface area contributed by atoms with Crippen LogP contribution < -0.4 is 5.32 Å². The van der Waals surface area contributed by atoms with Gasteiger partial charge >= 0.3 is 0 Å². The summed E-state index contributed by atoms with van der Waals surface area (Å²) in [7, 11) is 5.88. The van der Waals surface area contributed by atoms with Crippen molar-refractivity contribution >= 4 is 16.9 Å². The Labute approximate surface area is 120 Å². The molecule has 0 amide bonds. The summed E-state index contributed by atoms with van der Waals surface area (Å²) in [5, 5.41) is 8.33. The van der Waals surface area contributed by atoms with Gasteiger partial charge < -0.3 is 5.32 Å². The monoisotopic (exact) mass is 276 g/mol. The van der Waals surface area contributed by atoms with Gasteiger partial charge in [-0.15, -0.1) is 0 Å². The highest BCUT2D eigenvalue weighted by molar-refractivity contribution is 5.86. The minimum Gasteiger partial charge on any atom is -0.372 e. The van der Waals surface area contributed by atoms with Crippen LogP contribution in [0, 0.1) is 0 Å². The van der Waals surface area contributed by atoms with E-state index in [9.17, 15) is 0 Å². The van der Waals surface area contributed by atoms with Crippen LogP contribution in [0.5, 0.6) is 0 Å². The van der Waals surface area contributed by atoms with Gasteiger partial charge in [0.25, 0.3) is 0 Å². The van der Waals surface area contributed by atoms with Gasteiger partial charge in [0.15, 0.2) is 5.65 Å². The quantitative estimate of drug-likeness (QED) is 0.905. The number of nitrogens with zero attached hydrogens (tertiary/aromatic N) is 5. The van der Waals surface area contributed by atoms with Crippen LogP contribution in [0.2, 0.25) is 0 Å². The summed E-state index contributed by atoms with van der Waals surface area (Å²) >= 11 is 0. The highest BCUT2D eigenvalue weighted by atomic mass is 15.3. The number of nitrogens with one attached hydrogen (secondary N) is 1. The Hall–Kier alpha value is -1.69. The Bertz CT molecular complexity index is 601. The fourth-order valence-corrected chi connectivity index (χ4v) is 2.02. The highest BCUT2D eigenvalue weighted by Gasteiger charge is 2.22. The Balaban J connectivity index is 2.38. The molecular weight excluding hydrogens is 252 g/mol. The lowest BCUT2D eigenvalue weighted by Crippen LogP contribution is -2.40. The molecule has 0 atom stereocenters. The van der Waals surface area contributed by atoms with Crippen molar-refractivity contribution in [1.29, 1.82) is 0 Å². The summed E-state index contributed by atoms with van der Waals surface area (Å²) in [5.41, 5.74) is 0.993. The average molecular weight is 276 g/mol. The third kappa shape index (κ3) is 2.60. The number of hydrogen-bond acceptors (Lipinski definition) is 5. The van der Waals surface area contributed by atoms with Crippen molar-refractivity contribution in [2.45, 2.75) is 39.3 Å². The smallest absolute Gasteiger partial charge is 0.163 e. The van der Waals surface area contributed by atoms with Crippen LogP contribution in [0.3, 0.4) is 0 Å². The van der Waals surface area contributed by atoms with E-state index in [2.05, 4.69) is 53.1 Å². The number of rotatable bonds is 5. The van der Waals surface area contributed by atoms with Crippen LogP contribution in [-0.2, 0) is 13.6 Å².